The van der Waals surface area contributed by atoms with E-state index in [1.54, 1.807) is 11.0 Å². The predicted molar refractivity (Wildman–Crippen MR) is 151 cm³/mol. The smallest absolute Gasteiger partial charge is 0.0448 e. The van der Waals surface area contributed by atoms with Crippen LogP contribution in [0.3, 0.4) is 0 Å². The van der Waals surface area contributed by atoms with Crippen LogP contribution in [-0.4, -0.2) is 93.6 Å². The lowest BCUT2D eigenvalue weighted by Crippen LogP contribution is -2.52. The molecule has 4 aliphatic rings. The van der Waals surface area contributed by atoms with E-state index >= 15 is 0 Å². The van der Waals surface area contributed by atoms with Crippen molar-refractivity contribution >= 4 is 34.4 Å². The Balaban J connectivity index is 1.21. The normalized spacial score (nSPS) is 32.0. The molecule has 0 radical (unpaired) electrons. The highest BCUT2D eigenvalue weighted by Gasteiger charge is 2.46. The van der Waals surface area contributed by atoms with Crippen LogP contribution in [0.5, 0.6) is 0 Å². The van der Waals surface area contributed by atoms with Crippen LogP contribution < -0.4 is 0 Å². The van der Waals surface area contributed by atoms with Crippen molar-refractivity contribution in [1.29, 1.82) is 0 Å². The van der Waals surface area contributed by atoms with Gasteiger partial charge in [0.1, 0.15) is 0 Å². The van der Waals surface area contributed by atoms with Gasteiger partial charge in [-0.2, -0.15) is 0 Å². The molecule has 4 saturated heterocycles. The average molecular weight is 515 g/mol. The van der Waals surface area contributed by atoms with Crippen LogP contribution in [0, 0.1) is 10.8 Å². The largest absolute Gasteiger partial charge is 0.301 e. The third kappa shape index (κ3) is 6.07. The Morgan fingerprint density at radius 3 is 2.06 bits per heavy atom. The number of hydrogen-bond donors (Lipinski definition) is 1. The first kappa shape index (κ1) is 26.9. The lowest BCUT2D eigenvalue weighted by molar-refractivity contribution is 0.0513. The van der Waals surface area contributed by atoms with Gasteiger partial charge < -0.3 is 4.90 Å². The third-order valence-corrected chi connectivity index (χ3v) is 12.4. The van der Waals surface area contributed by atoms with Crippen molar-refractivity contribution < 1.29 is 0 Å². The molecular formula is C26H50N4S3. The summed E-state index contributed by atoms with van der Waals surface area (Å²) in [6.45, 7) is 22.2. The molecule has 0 bridgehead atoms. The fraction of sp³-hybridized carbons (Fsp3) is 1.00. The molecule has 0 unspecified atom stereocenters. The quantitative estimate of drug-likeness (QED) is 0.264. The van der Waals surface area contributed by atoms with Crippen molar-refractivity contribution in [1.82, 2.24) is 19.0 Å². The number of nitrogens with zero attached hydrogens (tertiary/aromatic N) is 4. The summed E-state index contributed by atoms with van der Waals surface area (Å²) >= 11 is 6.68. The Kier molecular flexibility index (Phi) is 8.74. The zero-order chi connectivity index (χ0) is 23.9. The first-order valence-corrected chi connectivity index (χ1v) is 16.4. The van der Waals surface area contributed by atoms with Gasteiger partial charge >= 0.3 is 0 Å². The number of rotatable bonds is 7. The van der Waals surface area contributed by atoms with E-state index in [0.29, 0.717) is 22.9 Å². The number of likely N-dealkylation sites (tertiary alicyclic amines) is 3. The van der Waals surface area contributed by atoms with Crippen LogP contribution in [-0.2, 0) is 0 Å². The van der Waals surface area contributed by atoms with Gasteiger partial charge in [-0.05, 0) is 128 Å². The van der Waals surface area contributed by atoms with Gasteiger partial charge in [0.25, 0.3) is 0 Å². The van der Waals surface area contributed by atoms with Gasteiger partial charge in [0, 0.05) is 48.4 Å². The highest BCUT2D eigenvalue weighted by molar-refractivity contribution is 8.67. The molecule has 0 amide bonds. The van der Waals surface area contributed by atoms with Crippen molar-refractivity contribution in [3.05, 3.63) is 0 Å². The first-order chi connectivity index (χ1) is 15.6. The maximum absolute atomic E-state index is 4.49. The van der Waals surface area contributed by atoms with E-state index in [9.17, 15) is 0 Å². The summed E-state index contributed by atoms with van der Waals surface area (Å²) in [4.78, 5) is 8.28. The Morgan fingerprint density at radius 1 is 0.909 bits per heavy atom. The van der Waals surface area contributed by atoms with Crippen molar-refractivity contribution in [3.8, 4) is 0 Å². The molecule has 0 aliphatic carbocycles. The molecule has 0 N–H and O–H groups in total. The summed E-state index contributed by atoms with van der Waals surface area (Å²) in [7, 11) is 1.65. The Labute approximate surface area is 218 Å². The van der Waals surface area contributed by atoms with Crippen molar-refractivity contribution in [2.75, 3.05) is 50.9 Å². The topological polar surface area (TPSA) is 13.0 Å². The second-order valence-electron chi connectivity index (χ2n) is 12.9. The van der Waals surface area contributed by atoms with E-state index < -0.39 is 0 Å². The molecule has 0 aromatic carbocycles. The van der Waals surface area contributed by atoms with Crippen molar-refractivity contribution in [2.24, 2.45) is 10.8 Å². The molecule has 0 aromatic rings. The van der Waals surface area contributed by atoms with Gasteiger partial charge in [-0.3, -0.25) is 9.80 Å². The molecule has 4 rings (SSSR count). The summed E-state index contributed by atoms with van der Waals surface area (Å²) in [6, 6.07) is 2.13. The highest BCUT2D eigenvalue weighted by atomic mass is 33.1. The minimum atomic E-state index is 0.289. The Bertz CT molecular complexity index is 641. The van der Waals surface area contributed by atoms with Crippen molar-refractivity contribution in [3.63, 3.8) is 0 Å². The van der Waals surface area contributed by atoms with Crippen LogP contribution in [0.15, 0.2) is 0 Å². The maximum atomic E-state index is 4.49. The molecule has 33 heavy (non-hydrogen) atoms. The van der Waals surface area contributed by atoms with Gasteiger partial charge in [0.05, 0.1) is 0 Å². The zero-order valence-electron chi connectivity index (χ0n) is 22.2. The van der Waals surface area contributed by atoms with E-state index in [2.05, 4.69) is 84.0 Å². The summed E-state index contributed by atoms with van der Waals surface area (Å²) in [5.41, 5.74) is 1.43. The monoisotopic (exact) mass is 514 g/mol. The van der Waals surface area contributed by atoms with Crippen LogP contribution in [0.25, 0.3) is 0 Å². The molecule has 2 atom stereocenters. The average Bonchev–Trinajstić information content (AvgIpc) is 3.24. The molecule has 4 fully saturated rings. The Hall–Kier alpha value is 0.890. The molecule has 2 spiro atoms. The van der Waals surface area contributed by atoms with Gasteiger partial charge in [-0.25, -0.2) is 4.31 Å². The molecule has 192 valence electrons. The van der Waals surface area contributed by atoms with E-state index in [-0.39, 0.29) is 5.54 Å². The second-order valence-corrected chi connectivity index (χ2v) is 15.0. The van der Waals surface area contributed by atoms with E-state index in [1.807, 2.05) is 0 Å². The zero-order valence-corrected chi connectivity index (χ0v) is 24.7. The lowest BCUT2D eigenvalue weighted by atomic mass is 9.76. The molecule has 4 heterocycles. The molecule has 4 aliphatic heterocycles. The minimum Gasteiger partial charge on any atom is -0.301 e. The van der Waals surface area contributed by atoms with Crippen LogP contribution in [0.4, 0.5) is 0 Å². The summed E-state index contributed by atoms with van der Waals surface area (Å²) in [5, 5.41) is 0. The third-order valence-electron chi connectivity index (χ3n) is 9.69. The fourth-order valence-corrected chi connectivity index (χ4v) is 9.88. The lowest BCUT2D eigenvalue weighted by Gasteiger charge is -2.46. The number of thiol groups is 1. The van der Waals surface area contributed by atoms with Gasteiger partial charge in [-0.15, -0.1) is 11.8 Å². The van der Waals surface area contributed by atoms with E-state index in [0.717, 1.165) is 6.04 Å². The molecular weight excluding hydrogens is 465 g/mol. The maximum Gasteiger partial charge on any atom is 0.0448 e. The second kappa shape index (κ2) is 10.7. The standard InChI is InChI=1S/C26H50N4S3/c1-21(2)27-11-7-25(8-12-27)15-22(3)28(17-25)20-32-19-24(5,6)29-13-9-26(10-14-29)16-23(4)30(18-26)33-31/h21-23,31H,7-20H2,1-6H3/t22-,23+/m0/s1. The van der Waals surface area contributed by atoms with Gasteiger partial charge in [-0.1, -0.05) is 11.7 Å². The predicted octanol–water partition coefficient (Wildman–Crippen LogP) is 5.71. The van der Waals surface area contributed by atoms with Crippen molar-refractivity contribution in [2.45, 2.75) is 104 Å². The van der Waals surface area contributed by atoms with Crippen LogP contribution in [0.2, 0.25) is 0 Å². The van der Waals surface area contributed by atoms with E-state index in [4.69, 9.17) is 0 Å². The number of thioether (sulfide) groups is 1. The van der Waals surface area contributed by atoms with Crippen LogP contribution in [0.1, 0.15) is 80.1 Å². The van der Waals surface area contributed by atoms with Gasteiger partial charge in [0.2, 0.25) is 0 Å². The van der Waals surface area contributed by atoms with Gasteiger partial charge in [0.15, 0.2) is 0 Å². The van der Waals surface area contributed by atoms with Crippen LogP contribution >= 0.6 is 34.4 Å². The SMILES string of the molecule is CC(C)N1CCC2(CC1)C[C@H](C)N(CSCC(C)(C)N1CCC3(CC1)C[C@@H](C)N(SS)C3)C2. The fourth-order valence-electron chi connectivity index (χ4n) is 7.30. The number of hydrogen-bond acceptors (Lipinski definition) is 7. The highest BCUT2D eigenvalue weighted by Crippen LogP contribution is 2.47. The summed E-state index contributed by atoms with van der Waals surface area (Å²) < 4.78 is 2.50. The summed E-state index contributed by atoms with van der Waals surface area (Å²) in [5.74, 6) is 2.45. The first-order valence-electron chi connectivity index (χ1n) is 13.5. The molecule has 0 saturated carbocycles. The summed E-state index contributed by atoms with van der Waals surface area (Å²) in [6.07, 6.45) is 8.29. The molecule has 4 nitrogen and oxygen atoms in total. The van der Waals surface area contributed by atoms with E-state index in [1.165, 1.54) is 89.4 Å². The molecule has 0 aromatic heterocycles. The molecule has 7 heteroatoms. The number of piperidine rings is 2. The minimum absolute atomic E-state index is 0.289. The Morgan fingerprint density at radius 2 is 1.48 bits per heavy atom.